The zero-order valence-corrected chi connectivity index (χ0v) is 13.4. The van der Waals surface area contributed by atoms with Crippen LogP contribution in [0, 0.1) is 0 Å². The Bertz CT molecular complexity index is 844. The molecule has 3 aromatic rings. The Balaban J connectivity index is 1.79. The molecule has 0 aromatic heterocycles. The van der Waals surface area contributed by atoms with Gasteiger partial charge in [0, 0.05) is 0 Å². The molecule has 0 unspecified atom stereocenters. The normalized spacial score (nSPS) is 11.4. The second-order valence-electron chi connectivity index (χ2n) is 4.77. The van der Waals surface area contributed by atoms with Gasteiger partial charge in [-0.3, -0.25) is 0 Å². The van der Waals surface area contributed by atoms with Crippen LogP contribution in [-0.2, 0) is 0 Å². The van der Waals surface area contributed by atoms with Gasteiger partial charge in [-0.2, -0.15) is 0 Å². The maximum absolute atomic E-state index is 12.3. The van der Waals surface area contributed by atoms with E-state index in [4.69, 9.17) is 0 Å². The van der Waals surface area contributed by atoms with Crippen molar-refractivity contribution in [3.63, 3.8) is 0 Å². The molecule has 22 heavy (non-hydrogen) atoms. The number of rotatable bonds is 2. The van der Waals surface area contributed by atoms with Crippen LogP contribution in [0.5, 0.6) is 0 Å². The van der Waals surface area contributed by atoms with E-state index in [-0.39, 0.29) is 5.91 Å². The van der Waals surface area contributed by atoms with Gasteiger partial charge in [-0.05, 0) is 0 Å². The summed E-state index contributed by atoms with van der Waals surface area (Å²) in [6.07, 6.45) is 0. The fraction of sp³-hybridized carbons (Fsp3) is 0. The maximum atomic E-state index is 12.3. The predicted octanol–water partition coefficient (Wildman–Crippen LogP) is 3.43. The number of amides is 1. The van der Waals surface area contributed by atoms with Crippen LogP contribution in [0.4, 0.5) is 5.69 Å². The second kappa shape index (κ2) is 6.56. The topological polar surface area (TPSA) is 41.5 Å². The average Bonchev–Trinajstić information content (AvgIpc) is 2.55. The van der Waals surface area contributed by atoms with Crippen molar-refractivity contribution >= 4 is 43.1 Å². The van der Waals surface area contributed by atoms with Crippen molar-refractivity contribution in [2.45, 2.75) is 0 Å². The van der Waals surface area contributed by atoms with Crippen molar-refractivity contribution in [3.8, 4) is 0 Å². The third-order valence-corrected chi connectivity index (χ3v) is 3.62. The number of nitrogens with one attached hydrogen (secondary N) is 1. The summed E-state index contributed by atoms with van der Waals surface area (Å²) in [5, 5.41) is 4.91. The molecule has 4 heteroatoms. The predicted molar refractivity (Wildman–Crippen MR) is 90.7 cm³/mol. The summed E-state index contributed by atoms with van der Waals surface area (Å²) in [6.45, 7) is 0. The van der Waals surface area contributed by atoms with Gasteiger partial charge >= 0.3 is 137 Å². The first-order valence-electron chi connectivity index (χ1n) is 6.83. The summed E-state index contributed by atoms with van der Waals surface area (Å²) in [6, 6.07) is 23.1. The van der Waals surface area contributed by atoms with Crippen molar-refractivity contribution < 1.29 is 4.79 Å². The zero-order chi connectivity index (χ0) is 15.4. The molecule has 107 valence electrons. The Morgan fingerprint density at radius 2 is 1.55 bits per heavy atom. The monoisotopic (exact) mass is 353 g/mol. The summed E-state index contributed by atoms with van der Waals surface area (Å²) in [5.74, 6) is -0.181. The SMILES string of the molecule is O=C(NC([Se])=Nc1ccccc1)c1ccc2ccccc2c1. The molecule has 3 nitrogen and oxygen atoms in total. The number of carbonyl (C=O) groups excluding carboxylic acids is 1. The molecular weight excluding hydrogens is 339 g/mol. The van der Waals surface area contributed by atoms with E-state index in [1.54, 1.807) is 0 Å². The molecule has 1 amide bonds. The number of aliphatic imine (C=N–C) groups is 1. The van der Waals surface area contributed by atoms with Gasteiger partial charge in [0.1, 0.15) is 0 Å². The minimum absolute atomic E-state index is 0.181. The summed E-state index contributed by atoms with van der Waals surface area (Å²) >= 11 is 2.78. The number of amidine groups is 1. The molecular formula is C18H13N2OSe. The molecule has 0 aliphatic heterocycles. The Morgan fingerprint density at radius 1 is 0.864 bits per heavy atom. The number of nitrogens with zero attached hydrogens (tertiary/aromatic N) is 1. The molecule has 0 fully saturated rings. The van der Waals surface area contributed by atoms with E-state index in [9.17, 15) is 4.79 Å². The van der Waals surface area contributed by atoms with Crippen LogP contribution in [0.2, 0.25) is 0 Å². The third-order valence-electron chi connectivity index (χ3n) is 3.22. The first kappa shape index (κ1) is 14.5. The molecule has 1 radical (unpaired) electrons. The number of hydrogen-bond acceptors (Lipinski definition) is 2. The fourth-order valence-corrected chi connectivity index (χ4v) is 2.56. The van der Waals surface area contributed by atoms with Crippen molar-refractivity contribution in [1.29, 1.82) is 0 Å². The molecule has 0 spiro atoms. The fourth-order valence-electron chi connectivity index (χ4n) is 2.15. The van der Waals surface area contributed by atoms with Gasteiger partial charge in [0.05, 0.1) is 0 Å². The quantitative estimate of drug-likeness (QED) is 0.429. The van der Waals surface area contributed by atoms with Crippen LogP contribution in [0.1, 0.15) is 10.4 Å². The van der Waals surface area contributed by atoms with Crippen LogP contribution in [0.3, 0.4) is 0 Å². The van der Waals surface area contributed by atoms with Crippen LogP contribution in [-0.4, -0.2) is 26.7 Å². The number of carbonyl (C=O) groups is 1. The van der Waals surface area contributed by atoms with Crippen molar-refractivity contribution in [2.24, 2.45) is 4.99 Å². The second-order valence-corrected chi connectivity index (χ2v) is 5.58. The number of hydrogen-bond donors (Lipinski definition) is 1. The zero-order valence-electron chi connectivity index (χ0n) is 11.7. The molecule has 0 aliphatic carbocycles. The van der Waals surface area contributed by atoms with E-state index in [2.05, 4.69) is 26.3 Å². The molecule has 0 heterocycles. The van der Waals surface area contributed by atoms with E-state index >= 15 is 0 Å². The van der Waals surface area contributed by atoms with Gasteiger partial charge in [-0.1, -0.05) is 0 Å². The Hall–Kier alpha value is -2.42. The standard InChI is InChI=1S/C18H13N2OSe/c21-17(20-18(22)19-16-8-2-1-3-9-16)15-11-10-13-6-4-5-7-14(13)12-15/h1-12H,(H,19,20,21). The Labute approximate surface area is 136 Å². The number of benzene rings is 3. The van der Waals surface area contributed by atoms with Gasteiger partial charge in [0.15, 0.2) is 0 Å². The molecule has 0 atom stereocenters. The molecule has 0 saturated carbocycles. The first-order valence-corrected chi connectivity index (χ1v) is 7.69. The van der Waals surface area contributed by atoms with Crippen molar-refractivity contribution in [3.05, 3.63) is 78.4 Å². The summed E-state index contributed by atoms with van der Waals surface area (Å²) in [5.41, 5.74) is 1.39. The van der Waals surface area contributed by atoms with E-state index in [0.29, 0.717) is 10.3 Å². The summed E-state index contributed by atoms with van der Waals surface area (Å²) in [7, 11) is 0. The van der Waals surface area contributed by atoms with Crippen LogP contribution < -0.4 is 5.32 Å². The van der Waals surface area contributed by atoms with Gasteiger partial charge < -0.3 is 0 Å². The average molecular weight is 352 g/mol. The first-order chi connectivity index (χ1) is 10.7. The third kappa shape index (κ3) is 3.42. The molecule has 1 N–H and O–H groups in total. The van der Waals surface area contributed by atoms with Gasteiger partial charge in [0.25, 0.3) is 0 Å². The van der Waals surface area contributed by atoms with E-state index < -0.39 is 0 Å². The van der Waals surface area contributed by atoms with Crippen LogP contribution >= 0.6 is 0 Å². The molecule has 0 aliphatic rings. The van der Waals surface area contributed by atoms with Gasteiger partial charge in [-0.25, -0.2) is 0 Å². The van der Waals surface area contributed by atoms with Gasteiger partial charge in [0.2, 0.25) is 0 Å². The van der Waals surface area contributed by atoms with Crippen molar-refractivity contribution in [1.82, 2.24) is 5.32 Å². The van der Waals surface area contributed by atoms with Gasteiger partial charge in [-0.15, -0.1) is 0 Å². The van der Waals surface area contributed by atoms with E-state index in [1.807, 2.05) is 72.8 Å². The summed E-state index contributed by atoms with van der Waals surface area (Å²) < 4.78 is 0.448. The molecule has 3 aromatic carbocycles. The molecule has 0 bridgehead atoms. The van der Waals surface area contributed by atoms with E-state index in [1.165, 1.54) is 0 Å². The molecule has 3 rings (SSSR count). The summed E-state index contributed by atoms with van der Waals surface area (Å²) in [4.78, 5) is 16.6. The van der Waals surface area contributed by atoms with Crippen LogP contribution in [0.15, 0.2) is 77.8 Å². The molecule has 0 saturated heterocycles. The van der Waals surface area contributed by atoms with E-state index in [0.717, 1.165) is 16.5 Å². The number of para-hydroxylation sites is 1. The van der Waals surface area contributed by atoms with Crippen LogP contribution in [0.25, 0.3) is 10.8 Å². The Kier molecular flexibility index (Phi) is 4.33. The number of fused-ring (bicyclic) bond motifs is 1. The van der Waals surface area contributed by atoms with Crippen molar-refractivity contribution in [2.75, 3.05) is 0 Å². The minimum atomic E-state index is -0.181. The Morgan fingerprint density at radius 3 is 2.32 bits per heavy atom.